The third-order valence-electron chi connectivity index (χ3n) is 4.13. The molecule has 0 fully saturated rings. The largest absolute Gasteiger partial charge is 0.496 e. The molecule has 3 rings (SSSR count). The molecule has 0 bridgehead atoms. The van der Waals surface area contributed by atoms with E-state index in [4.69, 9.17) is 9.47 Å². The Labute approximate surface area is 140 Å². The van der Waals surface area contributed by atoms with E-state index in [1.54, 1.807) is 29.2 Å². The van der Waals surface area contributed by atoms with Gasteiger partial charge in [-0.05, 0) is 37.1 Å². The molecule has 124 valence electrons. The minimum atomic E-state index is -0.569. The Kier molecular flexibility index (Phi) is 4.51. The lowest BCUT2D eigenvalue weighted by Gasteiger charge is -2.22. The molecule has 0 aliphatic carbocycles. The van der Waals surface area contributed by atoms with Crippen molar-refractivity contribution in [2.24, 2.45) is 0 Å². The number of hydrogen-bond acceptors (Lipinski definition) is 4. The standard InChI is InChI=1S/C19H19NO4/c1-13-11-14-7-3-5-9-16(14)20(13)18(21)12-24-19(22)15-8-4-6-10-17(15)23-2/h3-10,13H,11-12H2,1-2H3/t13-/m1/s1. The second-order valence-electron chi connectivity index (χ2n) is 5.72. The van der Waals surface area contributed by atoms with Crippen molar-refractivity contribution >= 4 is 17.6 Å². The van der Waals surface area contributed by atoms with Crippen molar-refractivity contribution < 1.29 is 19.1 Å². The number of fused-ring (bicyclic) bond motifs is 1. The van der Waals surface area contributed by atoms with Gasteiger partial charge in [0.1, 0.15) is 11.3 Å². The number of esters is 1. The summed E-state index contributed by atoms with van der Waals surface area (Å²) in [6.45, 7) is 1.69. The van der Waals surface area contributed by atoms with Crippen LogP contribution in [0.2, 0.25) is 0 Å². The van der Waals surface area contributed by atoms with E-state index >= 15 is 0 Å². The molecule has 5 nitrogen and oxygen atoms in total. The summed E-state index contributed by atoms with van der Waals surface area (Å²) in [5.74, 6) is -0.369. The normalized spacial score (nSPS) is 15.8. The molecule has 0 N–H and O–H groups in total. The summed E-state index contributed by atoms with van der Waals surface area (Å²) in [6, 6.07) is 14.6. The van der Waals surface area contributed by atoms with E-state index in [0.717, 1.165) is 17.7 Å². The van der Waals surface area contributed by atoms with Gasteiger partial charge in [-0.2, -0.15) is 0 Å². The van der Waals surface area contributed by atoms with Crippen molar-refractivity contribution in [3.8, 4) is 5.75 Å². The third-order valence-corrected chi connectivity index (χ3v) is 4.13. The summed E-state index contributed by atoms with van der Waals surface area (Å²) in [5.41, 5.74) is 2.33. The SMILES string of the molecule is COc1ccccc1C(=O)OCC(=O)N1c2ccccc2C[C@H]1C. The van der Waals surface area contributed by atoms with Crippen LogP contribution in [0.4, 0.5) is 5.69 Å². The lowest BCUT2D eigenvalue weighted by atomic mass is 10.1. The van der Waals surface area contributed by atoms with E-state index < -0.39 is 5.97 Å². The first-order valence-corrected chi connectivity index (χ1v) is 7.82. The van der Waals surface area contributed by atoms with E-state index in [2.05, 4.69) is 0 Å². The number of hydrogen-bond donors (Lipinski definition) is 0. The maximum atomic E-state index is 12.5. The van der Waals surface area contributed by atoms with Gasteiger partial charge in [-0.3, -0.25) is 4.79 Å². The minimum absolute atomic E-state index is 0.0554. The van der Waals surface area contributed by atoms with Crippen molar-refractivity contribution in [1.82, 2.24) is 0 Å². The van der Waals surface area contributed by atoms with Crippen molar-refractivity contribution in [1.29, 1.82) is 0 Å². The molecule has 5 heteroatoms. The first-order valence-electron chi connectivity index (χ1n) is 7.82. The Bertz CT molecular complexity index is 771. The quantitative estimate of drug-likeness (QED) is 0.811. The smallest absolute Gasteiger partial charge is 0.342 e. The second kappa shape index (κ2) is 6.74. The van der Waals surface area contributed by atoms with E-state index in [-0.39, 0.29) is 18.6 Å². The highest BCUT2D eigenvalue weighted by atomic mass is 16.5. The fourth-order valence-corrected chi connectivity index (χ4v) is 3.03. The summed E-state index contributed by atoms with van der Waals surface area (Å²) in [7, 11) is 1.49. The van der Waals surface area contributed by atoms with Gasteiger partial charge in [0.05, 0.1) is 7.11 Å². The highest BCUT2D eigenvalue weighted by Crippen LogP contribution is 2.31. The lowest BCUT2D eigenvalue weighted by molar-refractivity contribution is -0.122. The molecule has 1 aliphatic heterocycles. The van der Waals surface area contributed by atoms with E-state index in [0.29, 0.717) is 11.3 Å². The number of methoxy groups -OCH3 is 1. The van der Waals surface area contributed by atoms with Crippen LogP contribution in [-0.4, -0.2) is 31.6 Å². The minimum Gasteiger partial charge on any atom is -0.496 e. The van der Waals surface area contributed by atoms with Gasteiger partial charge in [-0.15, -0.1) is 0 Å². The van der Waals surface area contributed by atoms with Crippen molar-refractivity contribution in [2.45, 2.75) is 19.4 Å². The molecule has 0 saturated carbocycles. The van der Waals surface area contributed by atoms with Crippen molar-refractivity contribution in [2.75, 3.05) is 18.6 Å². The molecule has 1 aliphatic rings. The predicted molar refractivity (Wildman–Crippen MR) is 90.4 cm³/mol. The molecule has 0 spiro atoms. The zero-order valence-electron chi connectivity index (χ0n) is 13.7. The highest BCUT2D eigenvalue weighted by molar-refractivity contribution is 5.99. The number of anilines is 1. The van der Waals surface area contributed by atoms with Crippen LogP contribution in [0.1, 0.15) is 22.8 Å². The molecule has 1 heterocycles. The molecule has 0 unspecified atom stereocenters. The average molecular weight is 325 g/mol. The number of ether oxygens (including phenoxy) is 2. The van der Waals surface area contributed by atoms with E-state index in [9.17, 15) is 9.59 Å². The summed E-state index contributed by atoms with van der Waals surface area (Å²) in [6.07, 6.45) is 0.808. The molecule has 2 aromatic carbocycles. The zero-order valence-corrected chi connectivity index (χ0v) is 13.7. The average Bonchev–Trinajstić information content (AvgIpc) is 2.95. The molecule has 0 aromatic heterocycles. The van der Waals surface area contributed by atoms with E-state index in [1.165, 1.54) is 7.11 Å². The summed E-state index contributed by atoms with van der Waals surface area (Å²) in [5, 5.41) is 0. The van der Waals surface area contributed by atoms with Gasteiger partial charge in [0.25, 0.3) is 5.91 Å². The van der Waals surface area contributed by atoms with E-state index in [1.807, 2.05) is 31.2 Å². The van der Waals surface area contributed by atoms with Gasteiger partial charge < -0.3 is 14.4 Å². The highest BCUT2D eigenvalue weighted by Gasteiger charge is 2.31. The maximum Gasteiger partial charge on any atom is 0.342 e. The molecular formula is C19H19NO4. The van der Waals surface area contributed by atoms with Crippen LogP contribution in [0, 0.1) is 0 Å². The Morgan fingerprint density at radius 2 is 1.83 bits per heavy atom. The lowest BCUT2D eigenvalue weighted by Crippen LogP contribution is -2.38. The molecule has 0 saturated heterocycles. The number of amides is 1. The van der Waals surface area contributed by atoms with Crippen LogP contribution in [-0.2, 0) is 16.0 Å². The first-order chi connectivity index (χ1) is 11.6. The topological polar surface area (TPSA) is 55.8 Å². The second-order valence-corrected chi connectivity index (χ2v) is 5.72. The number of benzene rings is 2. The number of carbonyl (C=O) groups excluding carboxylic acids is 2. The van der Waals surface area contributed by atoms with Crippen LogP contribution in [0.5, 0.6) is 5.75 Å². The molecule has 24 heavy (non-hydrogen) atoms. The van der Waals surface area contributed by atoms with Gasteiger partial charge in [0.2, 0.25) is 0 Å². The Hall–Kier alpha value is -2.82. The van der Waals surface area contributed by atoms with Crippen LogP contribution in [0.3, 0.4) is 0 Å². The fourth-order valence-electron chi connectivity index (χ4n) is 3.03. The van der Waals surface area contributed by atoms with Gasteiger partial charge in [-0.1, -0.05) is 30.3 Å². The first kappa shape index (κ1) is 16.1. The summed E-state index contributed by atoms with van der Waals surface area (Å²) in [4.78, 5) is 26.4. The molecule has 0 radical (unpaired) electrons. The van der Waals surface area contributed by atoms with Crippen LogP contribution >= 0.6 is 0 Å². The number of carbonyl (C=O) groups is 2. The fraction of sp³-hybridized carbons (Fsp3) is 0.263. The van der Waals surface area contributed by atoms with Gasteiger partial charge in [0.15, 0.2) is 6.61 Å². The molecule has 1 amide bonds. The number of para-hydroxylation sites is 2. The molecular weight excluding hydrogens is 306 g/mol. The Balaban J connectivity index is 1.69. The Morgan fingerprint density at radius 1 is 1.12 bits per heavy atom. The predicted octanol–water partition coefficient (Wildman–Crippen LogP) is 2.83. The monoisotopic (exact) mass is 325 g/mol. The number of rotatable bonds is 4. The van der Waals surface area contributed by atoms with Crippen LogP contribution in [0.25, 0.3) is 0 Å². The maximum absolute atomic E-state index is 12.5. The third kappa shape index (κ3) is 2.97. The molecule has 2 aromatic rings. The van der Waals surface area contributed by atoms with Crippen molar-refractivity contribution in [3.05, 3.63) is 59.7 Å². The number of nitrogens with zero attached hydrogens (tertiary/aromatic N) is 1. The van der Waals surface area contributed by atoms with Crippen LogP contribution < -0.4 is 9.64 Å². The summed E-state index contributed by atoms with van der Waals surface area (Å²) >= 11 is 0. The van der Waals surface area contributed by atoms with Gasteiger partial charge in [-0.25, -0.2) is 4.79 Å². The van der Waals surface area contributed by atoms with Crippen molar-refractivity contribution in [3.63, 3.8) is 0 Å². The van der Waals surface area contributed by atoms with Crippen LogP contribution in [0.15, 0.2) is 48.5 Å². The summed E-state index contributed by atoms with van der Waals surface area (Å²) < 4.78 is 10.3. The zero-order chi connectivity index (χ0) is 17.1. The van der Waals surface area contributed by atoms with Gasteiger partial charge >= 0.3 is 5.97 Å². The Morgan fingerprint density at radius 3 is 2.62 bits per heavy atom. The van der Waals surface area contributed by atoms with Gasteiger partial charge in [0, 0.05) is 11.7 Å². The molecule has 1 atom stereocenters.